The zero-order valence-electron chi connectivity index (χ0n) is 9.43. The topological polar surface area (TPSA) is 54.9 Å². The maximum atomic E-state index is 11.3. The summed E-state index contributed by atoms with van der Waals surface area (Å²) in [6.07, 6.45) is 3.42. The molecule has 17 heavy (non-hydrogen) atoms. The summed E-state index contributed by atoms with van der Waals surface area (Å²) < 4.78 is 0. The summed E-state index contributed by atoms with van der Waals surface area (Å²) >= 11 is 1.36. The van der Waals surface area contributed by atoms with Crippen molar-refractivity contribution >= 4 is 44.9 Å². The van der Waals surface area contributed by atoms with Crippen LogP contribution in [0.1, 0.15) is 22.3 Å². The molecule has 0 radical (unpaired) electrons. The standard InChI is InChI=1S/C11H11N3OS.BrH/c1-7-10(8(2)15)16-11(13-7)14-9-4-3-5-12-6-9;/h3-6H,1-2H3,(H,13,14);1H. The highest BCUT2D eigenvalue weighted by atomic mass is 79.9. The molecular formula is C11H12BrN3OS. The van der Waals surface area contributed by atoms with Gasteiger partial charge < -0.3 is 5.32 Å². The molecule has 2 aromatic rings. The van der Waals surface area contributed by atoms with Gasteiger partial charge in [-0.2, -0.15) is 0 Å². The van der Waals surface area contributed by atoms with Gasteiger partial charge in [0, 0.05) is 13.1 Å². The monoisotopic (exact) mass is 313 g/mol. The second-order valence-corrected chi connectivity index (χ2v) is 4.36. The molecule has 0 bridgehead atoms. The number of aromatic nitrogens is 2. The van der Waals surface area contributed by atoms with Gasteiger partial charge in [0.05, 0.1) is 22.5 Å². The number of nitrogens with zero attached hydrogens (tertiary/aromatic N) is 2. The van der Waals surface area contributed by atoms with Crippen LogP contribution in [-0.4, -0.2) is 15.8 Å². The SMILES string of the molecule is Br.CC(=O)c1sc(Nc2cccnc2)nc1C. The van der Waals surface area contributed by atoms with Gasteiger partial charge in [-0.05, 0) is 19.1 Å². The van der Waals surface area contributed by atoms with Crippen LogP contribution >= 0.6 is 28.3 Å². The lowest BCUT2D eigenvalue weighted by molar-refractivity contribution is 0.102. The van der Waals surface area contributed by atoms with Crippen molar-refractivity contribution in [3.8, 4) is 0 Å². The predicted octanol–water partition coefficient (Wildman–Crippen LogP) is 3.37. The van der Waals surface area contributed by atoms with Gasteiger partial charge in [0.2, 0.25) is 0 Å². The van der Waals surface area contributed by atoms with Crippen LogP contribution in [-0.2, 0) is 0 Å². The first-order chi connectivity index (χ1) is 7.66. The van der Waals surface area contributed by atoms with Gasteiger partial charge in [0.15, 0.2) is 10.9 Å². The zero-order valence-corrected chi connectivity index (χ0v) is 12.0. The van der Waals surface area contributed by atoms with E-state index in [9.17, 15) is 4.79 Å². The van der Waals surface area contributed by atoms with E-state index in [1.807, 2.05) is 19.1 Å². The molecule has 0 aliphatic carbocycles. The lowest BCUT2D eigenvalue weighted by Gasteiger charge is -1.99. The number of Topliss-reactive ketones (excluding diaryl/α,β-unsaturated/α-hetero) is 1. The number of nitrogens with one attached hydrogen (secondary N) is 1. The lowest BCUT2D eigenvalue weighted by Crippen LogP contribution is -1.90. The van der Waals surface area contributed by atoms with E-state index in [0.717, 1.165) is 16.5 Å². The van der Waals surface area contributed by atoms with Crippen LogP contribution in [0, 0.1) is 6.92 Å². The molecule has 2 aromatic heterocycles. The maximum absolute atomic E-state index is 11.3. The van der Waals surface area contributed by atoms with E-state index in [1.54, 1.807) is 19.3 Å². The van der Waals surface area contributed by atoms with Crippen LogP contribution in [0.4, 0.5) is 10.8 Å². The van der Waals surface area contributed by atoms with Gasteiger partial charge >= 0.3 is 0 Å². The van der Waals surface area contributed by atoms with Crippen LogP contribution in [0.3, 0.4) is 0 Å². The van der Waals surface area contributed by atoms with E-state index in [1.165, 1.54) is 11.3 Å². The molecule has 0 saturated carbocycles. The molecule has 0 aromatic carbocycles. The number of aryl methyl sites for hydroxylation is 1. The number of carbonyl (C=O) groups is 1. The Morgan fingerprint density at radius 1 is 1.47 bits per heavy atom. The Morgan fingerprint density at radius 3 is 2.76 bits per heavy atom. The number of hydrogen-bond acceptors (Lipinski definition) is 5. The summed E-state index contributed by atoms with van der Waals surface area (Å²) in [4.78, 5) is 20.2. The van der Waals surface area contributed by atoms with Crippen LogP contribution < -0.4 is 5.32 Å². The largest absolute Gasteiger partial charge is 0.330 e. The Labute approximate surface area is 114 Å². The van der Waals surface area contributed by atoms with Crippen LogP contribution in [0.2, 0.25) is 0 Å². The van der Waals surface area contributed by atoms with Crippen molar-refractivity contribution in [2.45, 2.75) is 13.8 Å². The van der Waals surface area contributed by atoms with E-state index >= 15 is 0 Å². The minimum Gasteiger partial charge on any atom is -0.330 e. The van der Waals surface area contributed by atoms with Gasteiger partial charge in [-0.3, -0.25) is 9.78 Å². The molecule has 0 fully saturated rings. The third kappa shape index (κ3) is 3.34. The number of hydrogen-bond donors (Lipinski definition) is 1. The smallest absolute Gasteiger partial charge is 0.188 e. The van der Waals surface area contributed by atoms with Crippen molar-refractivity contribution in [3.05, 3.63) is 35.1 Å². The van der Waals surface area contributed by atoms with Crippen molar-refractivity contribution in [1.82, 2.24) is 9.97 Å². The van der Waals surface area contributed by atoms with Crippen molar-refractivity contribution < 1.29 is 4.79 Å². The normalized spacial score (nSPS) is 9.53. The number of ketones is 1. The Balaban J connectivity index is 0.00000144. The van der Waals surface area contributed by atoms with Crippen molar-refractivity contribution in [2.24, 2.45) is 0 Å². The van der Waals surface area contributed by atoms with E-state index in [2.05, 4.69) is 15.3 Å². The second-order valence-electron chi connectivity index (χ2n) is 3.36. The number of anilines is 2. The molecule has 0 aliphatic heterocycles. The molecule has 90 valence electrons. The summed E-state index contributed by atoms with van der Waals surface area (Å²) in [5.74, 6) is 0.0502. The van der Waals surface area contributed by atoms with Gasteiger partial charge in [-0.15, -0.1) is 17.0 Å². The van der Waals surface area contributed by atoms with Crippen LogP contribution in [0.5, 0.6) is 0 Å². The molecular weight excluding hydrogens is 302 g/mol. The Morgan fingerprint density at radius 2 is 2.24 bits per heavy atom. The minimum atomic E-state index is 0. The highest BCUT2D eigenvalue weighted by molar-refractivity contribution is 8.93. The molecule has 0 spiro atoms. The summed E-state index contributed by atoms with van der Waals surface area (Å²) in [6, 6.07) is 3.74. The molecule has 4 nitrogen and oxygen atoms in total. The zero-order chi connectivity index (χ0) is 11.5. The summed E-state index contributed by atoms with van der Waals surface area (Å²) in [5.41, 5.74) is 1.63. The lowest BCUT2D eigenvalue weighted by atomic mass is 10.3. The quantitative estimate of drug-likeness (QED) is 0.883. The van der Waals surface area contributed by atoms with E-state index in [0.29, 0.717) is 4.88 Å². The predicted molar refractivity (Wildman–Crippen MR) is 74.7 cm³/mol. The highest BCUT2D eigenvalue weighted by Crippen LogP contribution is 2.25. The second kappa shape index (κ2) is 5.88. The minimum absolute atomic E-state index is 0. The van der Waals surface area contributed by atoms with Gasteiger partial charge in [0.25, 0.3) is 0 Å². The Bertz CT molecular complexity index is 513. The summed E-state index contributed by atoms with van der Waals surface area (Å²) in [5, 5.41) is 3.83. The van der Waals surface area contributed by atoms with Crippen LogP contribution in [0.15, 0.2) is 24.5 Å². The number of rotatable bonds is 3. The third-order valence-corrected chi connectivity index (χ3v) is 3.20. The molecule has 1 N–H and O–H groups in total. The van der Waals surface area contributed by atoms with Crippen molar-refractivity contribution in [3.63, 3.8) is 0 Å². The summed E-state index contributed by atoms with van der Waals surface area (Å²) in [7, 11) is 0. The molecule has 6 heteroatoms. The molecule has 2 heterocycles. The molecule has 0 atom stereocenters. The molecule has 2 rings (SSSR count). The Hall–Kier alpha value is -1.27. The molecule has 0 aliphatic rings. The maximum Gasteiger partial charge on any atom is 0.188 e. The number of pyridine rings is 1. The fourth-order valence-electron chi connectivity index (χ4n) is 1.34. The molecule has 0 amide bonds. The van der Waals surface area contributed by atoms with Crippen LogP contribution in [0.25, 0.3) is 0 Å². The van der Waals surface area contributed by atoms with E-state index in [-0.39, 0.29) is 22.8 Å². The molecule has 0 unspecified atom stereocenters. The average Bonchev–Trinajstić information content (AvgIpc) is 2.61. The van der Waals surface area contributed by atoms with Crippen molar-refractivity contribution in [2.75, 3.05) is 5.32 Å². The number of thiazole rings is 1. The first kappa shape index (κ1) is 13.8. The fraction of sp³-hybridized carbons (Fsp3) is 0.182. The fourth-order valence-corrected chi connectivity index (χ4v) is 2.22. The molecule has 0 saturated heterocycles. The third-order valence-electron chi connectivity index (χ3n) is 2.03. The van der Waals surface area contributed by atoms with Gasteiger partial charge in [0.1, 0.15) is 0 Å². The average molecular weight is 314 g/mol. The Kier molecular flexibility index (Phi) is 4.77. The summed E-state index contributed by atoms with van der Waals surface area (Å²) in [6.45, 7) is 3.38. The van der Waals surface area contributed by atoms with E-state index < -0.39 is 0 Å². The van der Waals surface area contributed by atoms with Crippen molar-refractivity contribution in [1.29, 1.82) is 0 Å². The van der Waals surface area contributed by atoms with Gasteiger partial charge in [-0.25, -0.2) is 4.98 Å². The number of carbonyl (C=O) groups excluding carboxylic acids is 1. The first-order valence-electron chi connectivity index (χ1n) is 4.82. The van der Waals surface area contributed by atoms with E-state index in [4.69, 9.17) is 0 Å². The first-order valence-corrected chi connectivity index (χ1v) is 5.64. The number of halogens is 1. The highest BCUT2D eigenvalue weighted by Gasteiger charge is 2.11. The van der Waals surface area contributed by atoms with Gasteiger partial charge in [-0.1, -0.05) is 11.3 Å².